The smallest absolute Gasteiger partial charge is 0.165 e. The van der Waals surface area contributed by atoms with Crippen LogP contribution in [0.5, 0.6) is 5.75 Å². The summed E-state index contributed by atoms with van der Waals surface area (Å²) in [6.07, 6.45) is 3.10. The molecule has 0 aliphatic carbocycles. The summed E-state index contributed by atoms with van der Waals surface area (Å²) in [5, 5.41) is 10.7. The summed E-state index contributed by atoms with van der Waals surface area (Å²) >= 11 is 0. The summed E-state index contributed by atoms with van der Waals surface area (Å²) in [6, 6.07) is 4.74. The number of aromatic amines is 1. The molecular weight excluding hydrogens is 273 g/mol. The maximum absolute atomic E-state index is 13.8. The summed E-state index contributed by atoms with van der Waals surface area (Å²) < 4.78 is 18.7. The van der Waals surface area contributed by atoms with Crippen molar-refractivity contribution in [1.82, 2.24) is 20.2 Å². The van der Waals surface area contributed by atoms with Gasteiger partial charge in [-0.05, 0) is 24.6 Å². The molecule has 108 valence electrons. The van der Waals surface area contributed by atoms with Crippen molar-refractivity contribution in [3.8, 4) is 5.75 Å². The maximum atomic E-state index is 13.8. The molecule has 1 aromatic carbocycles. The molecule has 21 heavy (non-hydrogen) atoms. The fourth-order valence-electron chi connectivity index (χ4n) is 2.12. The summed E-state index contributed by atoms with van der Waals surface area (Å²) in [6.45, 7) is 1.93. The van der Waals surface area contributed by atoms with Gasteiger partial charge in [0.15, 0.2) is 17.2 Å². The van der Waals surface area contributed by atoms with Gasteiger partial charge in [-0.1, -0.05) is 6.07 Å². The maximum Gasteiger partial charge on any atom is 0.165 e. The molecule has 7 heteroatoms. The lowest BCUT2D eigenvalue weighted by atomic mass is 10.1. The van der Waals surface area contributed by atoms with E-state index in [2.05, 4.69) is 25.5 Å². The number of nitrogens with zero attached hydrogens (tertiary/aromatic N) is 3. The van der Waals surface area contributed by atoms with Gasteiger partial charge in [0.25, 0.3) is 0 Å². The van der Waals surface area contributed by atoms with Gasteiger partial charge in [0.1, 0.15) is 12.1 Å². The largest absolute Gasteiger partial charge is 0.494 e. The van der Waals surface area contributed by atoms with E-state index < -0.39 is 0 Å². The minimum Gasteiger partial charge on any atom is -0.494 e. The number of hydrogen-bond acceptors (Lipinski definition) is 5. The van der Waals surface area contributed by atoms with Crippen LogP contribution in [0.25, 0.3) is 11.0 Å². The zero-order chi connectivity index (χ0) is 14.8. The average molecular weight is 287 g/mol. The molecule has 0 saturated carbocycles. The lowest BCUT2D eigenvalue weighted by Gasteiger charge is -2.16. The van der Waals surface area contributed by atoms with Gasteiger partial charge < -0.3 is 10.1 Å². The molecule has 0 amide bonds. The first-order chi connectivity index (χ1) is 10.2. The third-order valence-electron chi connectivity index (χ3n) is 3.28. The van der Waals surface area contributed by atoms with Crippen LogP contribution in [0.1, 0.15) is 18.5 Å². The van der Waals surface area contributed by atoms with Crippen molar-refractivity contribution in [1.29, 1.82) is 0 Å². The van der Waals surface area contributed by atoms with Crippen LogP contribution >= 0.6 is 0 Å². The number of anilines is 1. The Bertz CT molecular complexity index is 773. The summed E-state index contributed by atoms with van der Waals surface area (Å²) in [7, 11) is 1.44. The number of halogens is 1. The van der Waals surface area contributed by atoms with E-state index in [9.17, 15) is 4.39 Å². The third kappa shape index (κ3) is 2.49. The Hall–Kier alpha value is -2.70. The highest BCUT2D eigenvalue weighted by Gasteiger charge is 2.12. The number of aromatic nitrogens is 4. The first-order valence-electron chi connectivity index (χ1n) is 6.43. The molecule has 1 unspecified atom stereocenters. The van der Waals surface area contributed by atoms with Crippen LogP contribution in [0.15, 0.2) is 30.7 Å². The SMILES string of the molecule is COc1ccc(C(C)Nc2ncnc3[nH]ncc23)cc1F. The summed E-state index contributed by atoms with van der Waals surface area (Å²) in [5.74, 6) is 0.488. The first-order valence-corrected chi connectivity index (χ1v) is 6.43. The lowest BCUT2D eigenvalue weighted by molar-refractivity contribution is 0.386. The van der Waals surface area contributed by atoms with Crippen molar-refractivity contribution in [2.45, 2.75) is 13.0 Å². The Morgan fingerprint density at radius 1 is 1.33 bits per heavy atom. The Balaban J connectivity index is 1.87. The number of ether oxygens (including phenoxy) is 1. The van der Waals surface area contributed by atoms with Gasteiger partial charge in [-0.15, -0.1) is 0 Å². The molecule has 2 aromatic heterocycles. The quantitative estimate of drug-likeness (QED) is 0.771. The Morgan fingerprint density at radius 3 is 2.95 bits per heavy atom. The molecule has 2 heterocycles. The first kappa shape index (κ1) is 13.3. The monoisotopic (exact) mass is 287 g/mol. The van der Waals surface area contributed by atoms with E-state index in [0.29, 0.717) is 11.5 Å². The van der Waals surface area contributed by atoms with Crippen LogP contribution in [-0.2, 0) is 0 Å². The van der Waals surface area contributed by atoms with Gasteiger partial charge in [-0.3, -0.25) is 5.10 Å². The lowest BCUT2D eigenvalue weighted by Crippen LogP contribution is -2.09. The van der Waals surface area contributed by atoms with Crippen LogP contribution in [-0.4, -0.2) is 27.3 Å². The zero-order valence-corrected chi connectivity index (χ0v) is 11.6. The molecular formula is C14H14FN5O. The molecule has 6 nitrogen and oxygen atoms in total. The normalized spacial score (nSPS) is 12.3. The molecule has 1 atom stereocenters. The van der Waals surface area contributed by atoms with Crippen molar-refractivity contribution in [2.75, 3.05) is 12.4 Å². The van der Waals surface area contributed by atoms with E-state index in [0.717, 1.165) is 10.9 Å². The van der Waals surface area contributed by atoms with Gasteiger partial charge in [0.05, 0.1) is 24.7 Å². The van der Waals surface area contributed by atoms with Crippen LogP contribution < -0.4 is 10.1 Å². The molecule has 0 spiro atoms. The van der Waals surface area contributed by atoms with E-state index >= 15 is 0 Å². The van der Waals surface area contributed by atoms with Gasteiger partial charge in [-0.2, -0.15) is 5.10 Å². The number of rotatable bonds is 4. The standard InChI is InChI=1S/C14H14FN5O/c1-8(9-3-4-12(21-2)11(15)5-9)19-13-10-6-18-20-14(10)17-7-16-13/h3-8H,1-2H3,(H2,16,17,18,19,20). The molecule has 0 aliphatic rings. The number of nitrogens with one attached hydrogen (secondary N) is 2. The highest BCUT2D eigenvalue weighted by Crippen LogP contribution is 2.25. The van der Waals surface area contributed by atoms with Gasteiger partial charge in [-0.25, -0.2) is 14.4 Å². The number of benzene rings is 1. The average Bonchev–Trinajstić information content (AvgIpc) is 2.96. The molecule has 0 saturated heterocycles. The van der Waals surface area contributed by atoms with Crippen LogP contribution in [0.2, 0.25) is 0 Å². The van der Waals surface area contributed by atoms with Crippen molar-refractivity contribution in [3.05, 3.63) is 42.1 Å². The molecule has 0 aliphatic heterocycles. The number of hydrogen-bond donors (Lipinski definition) is 2. The minimum absolute atomic E-state index is 0.126. The molecule has 3 aromatic rings. The topological polar surface area (TPSA) is 75.7 Å². The molecule has 2 N–H and O–H groups in total. The van der Waals surface area contributed by atoms with Crippen molar-refractivity contribution >= 4 is 16.9 Å². The Kier molecular flexibility index (Phi) is 3.39. The van der Waals surface area contributed by atoms with E-state index in [1.165, 1.54) is 19.5 Å². The van der Waals surface area contributed by atoms with Gasteiger partial charge in [0, 0.05) is 0 Å². The van der Waals surface area contributed by atoms with E-state index in [1.54, 1.807) is 12.3 Å². The number of H-pyrrole nitrogens is 1. The number of methoxy groups -OCH3 is 1. The second kappa shape index (κ2) is 5.35. The van der Waals surface area contributed by atoms with E-state index in [4.69, 9.17) is 4.74 Å². The second-order valence-electron chi connectivity index (χ2n) is 4.61. The van der Waals surface area contributed by atoms with Crippen LogP contribution in [0.4, 0.5) is 10.2 Å². The fourth-order valence-corrected chi connectivity index (χ4v) is 2.12. The van der Waals surface area contributed by atoms with Crippen molar-refractivity contribution in [2.24, 2.45) is 0 Å². The highest BCUT2D eigenvalue weighted by atomic mass is 19.1. The zero-order valence-electron chi connectivity index (χ0n) is 11.6. The third-order valence-corrected chi connectivity index (χ3v) is 3.28. The number of fused-ring (bicyclic) bond motifs is 1. The van der Waals surface area contributed by atoms with Crippen LogP contribution in [0.3, 0.4) is 0 Å². The predicted molar refractivity (Wildman–Crippen MR) is 76.7 cm³/mol. The molecule has 0 fully saturated rings. The minimum atomic E-state index is -0.389. The van der Waals surface area contributed by atoms with Crippen molar-refractivity contribution < 1.29 is 9.13 Å². The Morgan fingerprint density at radius 2 is 2.19 bits per heavy atom. The molecule has 3 rings (SSSR count). The van der Waals surface area contributed by atoms with Crippen LogP contribution in [0, 0.1) is 5.82 Å². The van der Waals surface area contributed by atoms with Crippen molar-refractivity contribution in [3.63, 3.8) is 0 Å². The molecule has 0 radical (unpaired) electrons. The second-order valence-corrected chi connectivity index (χ2v) is 4.61. The summed E-state index contributed by atoms with van der Waals surface area (Å²) in [5.41, 5.74) is 1.45. The van der Waals surface area contributed by atoms with E-state index in [-0.39, 0.29) is 17.6 Å². The fraction of sp³-hybridized carbons (Fsp3) is 0.214. The molecule has 0 bridgehead atoms. The van der Waals surface area contributed by atoms with Gasteiger partial charge >= 0.3 is 0 Å². The summed E-state index contributed by atoms with van der Waals surface area (Å²) in [4.78, 5) is 8.27. The van der Waals surface area contributed by atoms with Gasteiger partial charge in [0.2, 0.25) is 0 Å². The highest BCUT2D eigenvalue weighted by molar-refractivity contribution is 5.85. The predicted octanol–water partition coefficient (Wildman–Crippen LogP) is 2.67. The Labute approximate surface area is 120 Å². The van der Waals surface area contributed by atoms with E-state index in [1.807, 2.05) is 13.0 Å².